The number of aliphatic hydroxyl groups excluding tert-OH is 1. The first-order valence-corrected chi connectivity index (χ1v) is 5.87. The van der Waals surface area contributed by atoms with E-state index >= 15 is 0 Å². The number of aromatic amines is 1. The number of aliphatic hydroxyl groups is 1. The van der Waals surface area contributed by atoms with Crippen LogP contribution in [0.2, 0.25) is 0 Å². The van der Waals surface area contributed by atoms with Crippen LogP contribution >= 0.6 is 0 Å². The van der Waals surface area contributed by atoms with Crippen LogP contribution < -0.4 is 5.32 Å². The lowest BCUT2D eigenvalue weighted by molar-refractivity contribution is -0.385. The average molecular weight is 294 g/mol. The van der Waals surface area contributed by atoms with E-state index in [1.165, 1.54) is 18.2 Å². The molecule has 0 aliphatic heterocycles. The minimum Gasteiger partial charge on any atom is -0.392 e. The summed E-state index contributed by atoms with van der Waals surface area (Å²) >= 11 is 0. The number of benzene rings is 1. The van der Waals surface area contributed by atoms with Crippen LogP contribution in [-0.2, 0) is 13.2 Å². The number of hydrogen-bond donors (Lipinski definition) is 3. The van der Waals surface area contributed by atoms with Gasteiger partial charge in [0, 0.05) is 12.1 Å². The zero-order valence-corrected chi connectivity index (χ0v) is 10.7. The molecule has 1 heterocycles. The fraction of sp³-hybridized carbons (Fsp3) is 0.167. The summed E-state index contributed by atoms with van der Waals surface area (Å²) in [7, 11) is 0. The summed E-state index contributed by atoms with van der Waals surface area (Å²) in [5, 5.41) is 27.8. The van der Waals surface area contributed by atoms with Gasteiger partial charge < -0.3 is 10.4 Å². The molecule has 0 saturated carbocycles. The molecule has 110 valence electrons. The number of nitrogens with zero attached hydrogens (tertiary/aromatic N) is 2. The Kier molecular flexibility index (Phi) is 4.24. The number of nitro groups is 1. The molecular formula is C12H11FN4O4. The molecule has 0 saturated heterocycles. The predicted molar refractivity (Wildman–Crippen MR) is 68.7 cm³/mol. The van der Waals surface area contributed by atoms with E-state index in [0.717, 1.165) is 6.20 Å². The van der Waals surface area contributed by atoms with Crippen molar-refractivity contribution in [2.75, 3.05) is 0 Å². The van der Waals surface area contributed by atoms with Gasteiger partial charge in [0.05, 0.1) is 11.5 Å². The van der Waals surface area contributed by atoms with E-state index < -0.39 is 28.9 Å². The first-order chi connectivity index (χ1) is 10.0. The Bertz CT molecular complexity index is 686. The SMILES string of the molecule is O=C(NCc1ccc(F)c(CO)c1)c1[nH]ncc1[N+](=O)[O-]. The molecule has 8 nitrogen and oxygen atoms in total. The lowest BCUT2D eigenvalue weighted by Crippen LogP contribution is -2.24. The molecule has 21 heavy (non-hydrogen) atoms. The zero-order valence-electron chi connectivity index (χ0n) is 10.7. The molecule has 1 amide bonds. The Morgan fingerprint density at radius 3 is 2.95 bits per heavy atom. The Hall–Kier alpha value is -2.81. The van der Waals surface area contributed by atoms with Gasteiger partial charge in [-0.15, -0.1) is 0 Å². The van der Waals surface area contributed by atoms with E-state index in [9.17, 15) is 19.3 Å². The number of carbonyl (C=O) groups is 1. The number of halogens is 1. The first-order valence-electron chi connectivity index (χ1n) is 5.87. The van der Waals surface area contributed by atoms with Crippen molar-refractivity contribution in [1.82, 2.24) is 15.5 Å². The minimum absolute atomic E-state index is 0.0300. The molecule has 0 bridgehead atoms. The number of rotatable bonds is 5. The highest BCUT2D eigenvalue weighted by atomic mass is 19.1. The van der Waals surface area contributed by atoms with Gasteiger partial charge in [0.2, 0.25) is 5.69 Å². The summed E-state index contributed by atoms with van der Waals surface area (Å²) in [5.41, 5.74) is -0.0302. The van der Waals surface area contributed by atoms with E-state index in [1.54, 1.807) is 0 Å². The normalized spacial score (nSPS) is 10.4. The number of hydrogen-bond acceptors (Lipinski definition) is 5. The number of carbonyl (C=O) groups excluding carboxylic acids is 1. The van der Waals surface area contributed by atoms with Gasteiger partial charge in [0.1, 0.15) is 12.0 Å². The van der Waals surface area contributed by atoms with Crippen LogP contribution in [0, 0.1) is 15.9 Å². The highest BCUT2D eigenvalue weighted by molar-refractivity contribution is 5.95. The third kappa shape index (κ3) is 3.20. The summed E-state index contributed by atoms with van der Waals surface area (Å²) in [5.74, 6) is -1.24. The van der Waals surface area contributed by atoms with Crippen LogP contribution in [0.1, 0.15) is 21.6 Å². The van der Waals surface area contributed by atoms with E-state index in [2.05, 4.69) is 15.5 Å². The first kappa shape index (κ1) is 14.6. The van der Waals surface area contributed by atoms with Crippen molar-refractivity contribution in [3.63, 3.8) is 0 Å². The molecule has 0 unspecified atom stereocenters. The summed E-state index contributed by atoms with van der Waals surface area (Å²) in [4.78, 5) is 21.8. The topological polar surface area (TPSA) is 121 Å². The molecule has 2 aromatic rings. The van der Waals surface area contributed by atoms with Crippen molar-refractivity contribution in [2.24, 2.45) is 0 Å². The Morgan fingerprint density at radius 1 is 1.52 bits per heavy atom. The smallest absolute Gasteiger partial charge is 0.319 e. The Balaban J connectivity index is 2.07. The monoisotopic (exact) mass is 294 g/mol. The number of amides is 1. The fourth-order valence-electron chi connectivity index (χ4n) is 1.72. The van der Waals surface area contributed by atoms with Gasteiger partial charge in [-0.25, -0.2) is 4.39 Å². The lowest BCUT2D eigenvalue weighted by atomic mass is 10.1. The maximum atomic E-state index is 13.2. The standard InChI is InChI=1S/C12H11FN4O4/c13-9-2-1-7(3-8(9)6-18)4-14-12(19)11-10(17(20)21)5-15-16-11/h1-3,5,18H,4,6H2,(H,14,19)(H,15,16). The van der Waals surface area contributed by atoms with Gasteiger partial charge in [0.25, 0.3) is 5.91 Å². The highest BCUT2D eigenvalue weighted by Gasteiger charge is 2.22. The molecule has 1 aromatic carbocycles. The van der Waals surface area contributed by atoms with Crippen LogP contribution in [0.25, 0.3) is 0 Å². The number of aromatic nitrogens is 2. The molecule has 0 spiro atoms. The van der Waals surface area contributed by atoms with Crippen molar-refractivity contribution in [3.05, 3.63) is 57.1 Å². The van der Waals surface area contributed by atoms with Crippen molar-refractivity contribution >= 4 is 11.6 Å². The van der Waals surface area contributed by atoms with Crippen LogP contribution in [0.4, 0.5) is 10.1 Å². The maximum absolute atomic E-state index is 13.2. The fourth-order valence-corrected chi connectivity index (χ4v) is 1.72. The molecule has 0 fully saturated rings. The van der Waals surface area contributed by atoms with E-state index in [4.69, 9.17) is 5.11 Å². The van der Waals surface area contributed by atoms with E-state index in [1.807, 2.05) is 0 Å². The second-order valence-electron chi connectivity index (χ2n) is 4.15. The van der Waals surface area contributed by atoms with Crippen LogP contribution in [0.15, 0.2) is 24.4 Å². The van der Waals surface area contributed by atoms with Gasteiger partial charge in [-0.2, -0.15) is 5.10 Å². The van der Waals surface area contributed by atoms with Crippen LogP contribution in [-0.4, -0.2) is 26.1 Å². The van der Waals surface area contributed by atoms with Crippen molar-refractivity contribution in [3.8, 4) is 0 Å². The number of nitrogens with one attached hydrogen (secondary N) is 2. The zero-order chi connectivity index (χ0) is 15.4. The lowest BCUT2D eigenvalue weighted by Gasteiger charge is -2.06. The summed E-state index contributed by atoms with van der Waals surface area (Å²) in [6.07, 6.45) is 0.941. The molecular weight excluding hydrogens is 283 g/mol. The molecule has 9 heteroatoms. The second kappa shape index (κ2) is 6.09. The van der Waals surface area contributed by atoms with Gasteiger partial charge >= 0.3 is 5.69 Å². The van der Waals surface area contributed by atoms with Gasteiger partial charge in [-0.3, -0.25) is 20.0 Å². The quantitative estimate of drug-likeness (QED) is 0.558. The van der Waals surface area contributed by atoms with Crippen molar-refractivity contribution in [2.45, 2.75) is 13.2 Å². The minimum atomic E-state index is -0.722. The third-order valence-electron chi connectivity index (χ3n) is 2.78. The molecule has 2 rings (SSSR count). The second-order valence-corrected chi connectivity index (χ2v) is 4.15. The van der Waals surface area contributed by atoms with Gasteiger partial charge in [-0.1, -0.05) is 6.07 Å². The van der Waals surface area contributed by atoms with E-state index in [-0.39, 0.29) is 17.8 Å². The Labute approximate surface area is 117 Å². The largest absolute Gasteiger partial charge is 0.392 e. The molecule has 3 N–H and O–H groups in total. The average Bonchev–Trinajstić information content (AvgIpc) is 2.95. The van der Waals surface area contributed by atoms with E-state index in [0.29, 0.717) is 5.56 Å². The Morgan fingerprint density at radius 2 is 2.29 bits per heavy atom. The maximum Gasteiger partial charge on any atom is 0.319 e. The summed E-state index contributed by atoms with van der Waals surface area (Å²) in [6, 6.07) is 4.01. The van der Waals surface area contributed by atoms with Crippen molar-refractivity contribution in [1.29, 1.82) is 0 Å². The molecule has 0 radical (unpaired) electrons. The van der Waals surface area contributed by atoms with Gasteiger partial charge in [0.15, 0.2) is 0 Å². The van der Waals surface area contributed by atoms with Crippen molar-refractivity contribution < 1.29 is 19.2 Å². The molecule has 0 atom stereocenters. The van der Waals surface area contributed by atoms with Gasteiger partial charge in [-0.05, 0) is 17.7 Å². The third-order valence-corrected chi connectivity index (χ3v) is 2.78. The molecule has 0 aliphatic carbocycles. The molecule has 0 aliphatic rings. The van der Waals surface area contributed by atoms with Crippen LogP contribution in [0.3, 0.4) is 0 Å². The van der Waals surface area contributed by atoms with Crippen LogP contribution in [0.5, 0.6) is 0 Å². The summed E-state index contributed by atoms with van der Waals surface area (Å²) in [6.45, 7) is -0.429. The highest BCUT2D eigenvalue weighted by Crippen LogP contribution is 2.15. The number of H-pyrrole nitrogens is 1. The summed E-state index contributed by atoms with van der Waals surface area (Å²) < 4.78 is 13.2. The molecule has 1 aromatic heterocycles. The predicted octanol–water partition coefficient (Wildman–Crippen LogP) is 0.879.